The van der Waals surface area contributed by atoms with E-state index in [1.165, 1.54) is 0 Å². The summed E-state index contributed by atoms with van der Waals surface area (Å²) in [7, 11) is 0. The zero-order chi connectivity index (χ0) is 19.9. The van der Waals surface area contributed by atoms with Gasteiger partial charge in [-0.15, -0.1) is 0 Å². The molecule has 2 aromatic rings. The van der Waals surface area contributed by atoms with Gasteiger partial charge in [-0.2, -0.15) is 0 Å². The zero-order valence-corrected chi connectivity index (χ0v) is 17.0. The molecule has 0 unspecified atom stereocenters. The molecule has 1 aliphatic carbocycles. The van der Waals surface area contributed by atoms with Crippen LogP contribution in [0.1, 0.15) is 52.1 Å². The monoisotopic (exact) mass is 376 g/mol. The third kappa shape index (κ3) is 3.64. The normalized spacial score (nSPS) is 20.6. The Kier molecular flexibility index (Phi) is 4.66. The Morgan fingerprint density at radius 2 is 1.68 bits per heavy atom. The average molecular weight is 377 g/mol. The molecule has 1 atom stereocenters. The van der Waals surface area contributed by atoms with Gasteiger partial charge in [0.25, 0.3) is 0 Å². The zero-order valence-electron chi connectivity index (χ0n) is 17.0. The predicted molar refractivity (Wildman–Crippen MR) is 114 cm³/mol. The number of anilines is 2. The lowest BCUT2D eigenvalue weighted by molar-refractivity contribution is -0.118. The first-order chi connectivity index (χ1) is 13.3. The first-order valence-corrected chi connectivity index (χ1v) is 9.98. The van der Waals surface area contributed by atoms with E-state index in [-0.39, 0.29) is 23.3 Å². The van der Waals surface area contributed by atoms with Gasteiger partial charge in [-0.05, 0) is 55.5 Å². The minimum Gasteiger partial charge on any atom is -0.491 e. The number of Topliss-reactive ketones (excluding diaryl/α,β-unsaturated/α-hetero) is 1. The first-order valence-electron chi connectivity index (χ1n) is 9.98. The molecule has 2 aromatic carbocycles. The van der Waals surface area contributed by atoms with Gasteiger partial charge < -0.3 is 15.4 Å². The van der Waals surface area contributed by atoms with Crippen LogP contribution in [-0.2, 0) is 4.79 Å². The van der Waals surface area contributed by atoms with E-state index in [9.17, 15) is 4.79 Å². The molecule has 0 amide bonds. The third-order valence-corrected chi connectivity index (χ3v) is 5.31. The molecule has 146 valence electrons. The number of carbonyl (C=O) groups excluding carboxylic acids is 1. The number of para-hydroxylation sites is 2. The second-order valence-corrected chi connectivity index (χ2v) is 8.82. The quantitative estimate of drug-likeness (QED) is 0.722. The van der Waals surface area contributed by atoms with E-state index in [2.05, 4.69) is 48.7 Å². The van der Waals surface area contributed by atoms with E-state index in [1.54, 1.807) is 0 Å². The summed E-state index contributed by atoms with van der Waals surface area (Å²) in [5.74, 6) is 1.06. The van der Waals surface area contributed by atoms with Crippen molar-refractivity contribution in [2.24, 2.45) is 5.41 Å². The average Bonchev–Trinajstić information content (AvgIpc) is 2.77. The van der Waals surface area contributed by atoms with Crippen LogP contribution in [0.15, 0.2) is 59.8 Å². The number of hydrogen-bond donors (Lipinski definition) is 2. The molecule has 2 N–H and O–H groups in total. The van der Waals surface area contributed by atoms with Gasteiger partial charge in [0.1, 0.15) is 5.75 Å². The largest absolute Gasteiger partial charge is 0.491 e. The van der Waals surface area contributed by atoms with Crippen LogP contribution in [0, 0.1) is 5.41 Å². The van der Waals surface area contributed by atoms with Gasteiger partial charge >= 0.3 is 0 Å². The van der Waals surface area contributed by atoms with Gasteiger partial charge in [0, 0.05) is 17.7 Å². The summed E-state index contributed by atoms with van der Waals surface area (Å²) in [5.41, 5.74) is 4.94. The van der Waals surface area contributed by atoms with Crippen molar-refractivity contribution >= 4 is 17.2 Å². The number of ether oxygens (including phenoxy) is 1. The van der Waals surface area contributed by atoms with Gasteiger partial charge in [0.05, 0.1) is 23.5 Å². The highest BCUT2D eigenvalue weighted by molar-refractivity contribution is 6.01. The molecule has 1 aliphatic heterocycles. The number of carbonyl (C=O) groups is 1. The Morgan fingerprint density at radius 1 is 1.00 bits per heavy atom. The van der Waals surface area contributed by atoms with Crippen molar-refractivity contribution in [3.63, 3.8) is 0 Å². The molecule has 4 heteroatoms. The minimum absolute atomic E-state index is 0.0400. The van der Waals surface area contributed by atoms with Gasteiger partial charge in [-0.3, -0.25) is 4.79 Å². The molecular formula is C24H28N2O2. The van der Waals surface area contributed by atoms with Crippen molar-refractivity contribution in [2.45, 2.75) is 52.7 Å². The number of hydrogen-bond acceptors (Lipinski definition) is 4. The molecule has 0 aromatic heterocycles. The van der Waals surface area contributed by atoms with Crippen molar-refractivity contribution in [3.8, 4) is 5.75 Å². The first kappa shape index (κ1) is 18.6. The standard InChI is InChI=1S/C24H28N2O2/c1-15(2)28-17-11-9-16(10-12-17)23-22-20(13-24(3,4)14-21(22)27)25-18-7-5-6-8-19(18)26-23/h5-12,15,23,25-26H,13-14H2,1-4H3/t23-/m0/s1. The van der Waals surface area contributed by atoms with Crippen molar-refractivity contribution in [3.05, 3.63) is 65.4 Å². The summed E-state index contributed by atoms with van der Waals surface area (Å²) >= 11 is 0. The molecule has 4 rings (SSSR count). The van der Waals surface area contributed by atoms with Crippen LogP contribution in [0.3, 0.4) is 0 Å². The van der Waals surface area contributed by atoms with E-state index >= 15 is 0 Å². The van der Waals surface area contributed by atoms with Gasteiger partial charge in [-0.1, -0.05) is 38.1 Å². The topological polar surface area (TPSA) is 50.4 Å². The summed E-state index contributed by atoms with van der Waals surface area (Å²) in [6.45, 7) is 8.35. The maximum atomic E-state index is 13.2. The molecule has 0 bridgehead atoms. The van der Waals surface area contributed by atoms with E-state index < -0.39 is 0 Å². The fraction of sp³-hybridized carbons (Fsp3) is 0.375. The van der Waals surface area contributed by atoms with E-state index in [0.29, 0.717) is 6.42 Å². The van der Waals surface area contributed by atoms with Crippen molar-refractivity contribution in [2.75, 3.05) is 10.6 Å². The summed E-state index contributed by atoms with van der Waals surface area (Å²) in [6, 6.07) is 16.0. The number of rotatable bonds is 3. The van der Waals surface area contributed by atoms with E-state index in [0.717, 1.165) is 40.4 Å². The number of allylic oxidation sites excluding steroid dienone is 1. The molecule has 0 saturated carbocycles. The molecule has 2 aliphatic rings. The Labute approximate surface area is 167 Å². The summed E-state index contributed by atoms with van der Waals surface area (Å²) in [5, 5.41) is 7.17. The second kappa shape index (κ2) is 7.01. The summed E-state index contributed by atoms with van der Waals surface area (Å²) in [4.78, 5) is 13.2. The fourth-order valence-electron chi connectivity index (χ4n) is 4.15. The second-order valence-electron chi connectivity index (χ2n) is 8.82. The van der Waals surface area contributed by atoms with Crippen LogP contribution in [-0.4, -0.2) is 11.9 Å². The highest BCUT2D eigenvalue weighted by atomic mass is 16.5. The smallest absolute Gasteiger partial charge is 0.163 e. The van der Waals surface area contributed by atoms with Gasteiger partial charge in [0.15, 0.2) is 5.78 Å². The van der Waals surface area contributed by atoms with Crippen LogP contribution in [0.25, 0.3) is 0 Å². The number of ketones is 1. The number of benzene rings is 2. The highest BCUT2D eigenvalue weighted by Gasteiger charge is 2.38. The van der Waals surface area contributed by atoms with Gasteiger partial charge in [-0.25, -0.2) is 0 Å². The Hall–Kier alpha value is -2.75. The third-order valence-electron chi connectivity index (χ3n) is 5.31. The molecule has 1 heterocycles. The number of nitrogens with one attached hydrogen (secondary N) is 2. The lowest BCUT2D eigenvalue weighted by Crippen LogP contribution is -2.31. The van der Waals surface area contributed by atoms with Crippen molar-refractivity contribution in [1.29, 1.82) is 0 Å². The molecule has 0 spiro atoms. The molecule has 28 heavy (non-hydrogen) atoms. The summed E-state index contributed by atoms with van der Waals surface area (Å²) in [6.07, 6.45) is 1.56. The molecular weight excluding hydrogens is 348 g/mol. The van der Waals surface area contributed by atoms with Crippen molar-refractivity contribution in [1.82, 2.24) is 0 Å². The molecule has 0 radical (unpaired) electrons. The van der Waals surface area contributed by atoms with E-state index in [4.69, 9.17) is 4.74 Å². The van der Waals surface area contributed by atoms with Crippen LogP contribution in [0.5, 0.6) is 5.75 Å². The Bertz CT molecular complexity index is 926. The predicted octanol–water partition coefficient (Wildman–Crippen LogP) is 5.70. The SMILES string of the molecule is CC(C)Oc1ccc([C@@H]2Nc3ccccc3NC3=C2C(=O)CC(C)(C)C3)cc1. The maximum absolute atomic E-state index is 13.2. The van der Waals surface area contributed by atoms with Crippen LogP contribution < -0.4 is 15.4 Å². The van der Waals surface area contributed by atoms with Crippen molar-refractivity contribution < 1.29 is 9.53 Å². The Morgan fingerprint density at radius 3 is 2.36 bits per heavy atom. The van der Waals surface area contributed by atoms with E-state index in [1.807, 2.05) is 38.1 Å². The molecule has 0 fully saturated rings. The molecule has 0 saturated heterocycles. The lowest BCUT2D eigenvalue weighted by atomic mass is 9.73. The van der Waals surface area contributed by atoms with Gasteiger partial charge in [0.2, 0.25) is 0 Å². The highest BCUT2D eigenvalue weighted by Crippen LogP contribution is 2.45. The minimum atomic E-state index is -0.178. The lowest BCUT2D eigenvalue weighted by Gasteiger charge is -2.34. The number of fused-ring (bicyclic) bond motifs is 1. The summed E-state index contributed by atoms with van der Waals surface area (Å²) < 4.78 is 5.78. The Balaban J connectivity index is 1.78. The van der Waals surface area contributed by atoms with Crippen LogP contribution in [0.4, 0.5) is 11.4 Å². The van der Waals surface area contributed by atoms with Crippen LogP contribution in [0.2, 0.25) is 0 Å². The molecule has 4 nitrogen and oxygen atoms in total. The van der Waals surface area contributed by atoms with Crippen LogP contribution >= 0.6 is 0 Å². The fourth-order valence-corrected chi connectivity index (χ4v) is 4.15. The maximum Gasteiger partial charge on any atom is 0.163 e.